The summed E-state index contributed by atoms with van der Waals surface area (Å²) in [5, 5.41) is 0. The van der Waals surface area contributed by atoms with Gasteiger partial charge in [0.1, 0.15) is 12.2 Å². The van der Waals surface area contributed by atoms with Crippen molar-refractivity contribution in [2.75, 3.05) is 6.61 Å². The van der Waals surface area contributed by atoms with Crippen LogP contribution in [0.15, 0.2) is 12.7 Å². The first-order chi connectivity index (χ1) is 8.28. The summed E-state index contributed by atoms with van der Waals surface area (Å²) in [5.41, 5.74) is -1.14. The molecule has 0 saturated carbocycles. The maximum atomic E-state index is 11.0. The number of phosphoric acid groups is 1. The van der Waals surface area contributed by atoms with Gasteiger partial charge in [0.2, 0.25) is 0 Å². The summed E-state index contributed by atoms with van der Waals surface area (Å²) < 4.78 is 20.8. The van der Waals surface area contributed by atoms with Crippen molar-refractivity contribution in [3.63, 3.8) is 0 Å². The third-order valence-corrected chi connectivity index (χ3v) is 2.99. The third-order valence-electron chi connectivity index (χ3n) is 2.37. The monoisotopic (exact) mass is 280 g/mol. The second kappa shape index (κ2) is 7.69. The summed E-state index contributed by atoms with van der Waals surface area (Å²) in [5.74, 6) is -0.638. The number of rotatable bonds is 9. The van der Waals surface area contributed by atoms with Crippen molar-refractivity contribution in [1.82, 2.24) is 0 Å². The summed E-state index contributed by atoms with van der Waals surface area (Å²) in [7, 11) is -4.63. The van der Waals surface area contributed by atoms with E-state index in [1.54, 1.807) is 0 Å². The molecule has 0 aliphatic heterocycles. The van der Waals surface area contributed by atoms with Gasteiger partial charge in [0.15, 0.2) is 0 Å². The van der Waals surface area contributed by atoms with Crippen LogP contribution in [0.25, 0.3) is 0 Å². The first-order valence-electron chi connectivity index (χ1n) is 5.84. The lowest BCUT2D eigenvalue weighted by atomic mass is 9.94. The molecule has 6 nitrogen and oxygen atoms in total. The number of ether oxygens (including phenoxy) is 1. The van der Waals surface area contributed by atoms with E-state index in [0.717, 1.165) is 6.08 Å². The van der Waals surface area contributed by atoms with Gasteiger partial charge in [-0.2, -0.15) is 0 Å². The van der Waals surface area contributed by atoms with Crippen LogP contribution in [0.5, 0.6) is 0 Å². The Kier molecular flexibility index (Phi) is 7.40. The van der Waals surface area contributed by atoms with Crippen LogP contribution in [-0.4, -0.2) is 28.0 Å². The van der Waals surface area contributed by atoms with Crippen LogP contribution in [-0.2, 0) is 18.6 Å². The molecule has 0 fully saturated rings. The van der Waals surface area contributed by atoms with Crippen LogP contribution >= 0.6 is 7.82 Å². The minimum absolute atomic E-state index is 0.190. The van der Waals surface area contributed by atoms with Crippen molar-refractivity contribution >= 4 is 13.8 Å². The van der Waals surface area contributed by atoms with Gasteiger partial charge in [0, 0.05) is 6.08 Å². The number of carbonyl (C=O) groups is 1. The minimum atomic E-state index is -4.63. The standard InChI is InChI=1S/C11H21O6P/c1-4-7-11(8-5-2,17-18(13,14)15)9-16-10(12)6-3/h6H,3-5,7-9H2,1-2H3,(H2,13,14,15). The average Bonchev–Trinajstić information content (AvgIpc) is 2.24. The van der Waals surface area contributed by atoms with E-state index in [0.29, 0.717) is 25.7 Å². The van der Waals surface area contributed by atoms with E-state index in [1.807, 2.05) is 13.8 Å². The zero-order valence-electron chi connectivity index (χ0n) is 10.8. The van der Waals surface area contributed by atoms with Crippen LogP contribution < -0.4 is 0 Å². The highest BCUT2D eigenvalue weighted by molar-refractivity contribution is 7.46. The lowest BCUT2D eigenvalue weighted by Gasteiger charge is -2.32. The molecule has 0 rings (SSSR count). The Balaban J connectivity index is 4.88. The van der Waals surface area contributed by atoms with Crippen molar-refractivity contribution in [2.45, 2.75) is 45.1 Å². The van der Waals surface area contributed by atoms with Gasteiger partial charge in [0.25, 0.3) is 0 Å². The van der Waals surface area contributed by atoms with Gasteiger partial charge in [-0.05, 0) is 12.8 Å². The highest BCUT2D eigenvalue weighted by Gasteiger charge is 2.37. The molecule has 0 unspecified atom stereocenters. The Morgan fingerprint density at radius 1 is 1.33 bits per heavy atom. The first-order valence-corrected chi connectivity index (χ1v) is 7.37. The van der Waals surface area contributed by atoms with E-state index in [1.165, 1.54) is 0 Å². The van der Waals surface area contributed by atoms with Crippen LogP contribution in [0.4, 0.5) is 0 Å². The van der Waals surface area contributed by atoms with Gasteiger partial charge in [-0.3, -0.25) is 4.52 Å². The molecule has 0 bridgehead atoms. The van der Waals surface area contributed by atoms with Gasteiger partial charge in [-0.15, -0.1) is 0 Å². The molecule has 0 aliphatic carbocycles. The number of esters is 1. The van der Waals surface area contributed by atoms with E-state index in [9.17, 15) is 9.36 Å². The molecule has 18 heavy (non-hydrogen) atoms. The summed E-state index contributed by atoms with van der Waals surface area (Å²) >= 11 is 0. The maximum absolute atomic E-state index is 11.0. The van der Waals surface area contributed by atoms with Crippen molar-refractivity contribution in [3.8, 4) is 0 Å². The van der Waals surface area contributed by atoms with Gasteiger partial charge in [-0.25, -0.2) is 9.36 Å². The number of hydrogen-bond acceptors (Lipinski definition) is 4. The van der Waals surface area contributed by atoms with E-state index in [2.05, 4.69) is 6.58 Å². The largest absolute Gasteiger partial charge is 0.470 e. The zero-order chi connectivity index (χ0) is 14.2. The van der Waals surface area contributed by atoms with Crippen LogP contribution in [0, 0.1) is 0 Å². The van der Waals surface area contributed by atoms with E-state index in [-0.39, 0.29) is 6.61 Å². The van der Waals surface area contributed by atoms with Gasteiger partial charge in [-0.1, -0.05) is 33.3 Å². The predicted octanol–water partition coefficient (Wildman–Crippen LogP) is 2.16. The molecule has 0 atom stereocenters. The molecule has 0 aliphatic rings. The summed E-state index contributed by atoms with van der Waals surface area (Å²) in [6.45, 7) is 6.80. The molecule has 0 saturated heterocycles. The lowest BCUT2D eigenvalue weighted by molar-refractivity contribution is -0.145. The number of carbonyl (C=O) groups excluding carboxylic acids is 1. The Hall–Kier alpha value is -0.680. The fourth-order valence-corrected chi connectivity index (χ4v) is 2.55. The van der Waals surface area contributed by atoms with Crippen LogP contribution in [0.3, 0.4) is 0 Å². The Bertz CT molecular complexity index is 315. The normalized spacial score (nSPS) is 12.2. The fourth-order valence-electron chi connectivity index (χ4n) is 1.81. The molecule has 0 spiro atoms. The predicted molar refractivity (Wildman–Crippen MR) is 66.8 cm³/mol. The van der Waals surface area contributed by atoms with Crippen molar-refractivity contribution in [3.05, 3.63) is 12.7 Å². The first kappa shape index (κ1) is 17.3. The minimum Gasteiger partial charge on any atom is -0.459 e. The van der Waals surface area contributed by atoms with E-state index < -0.39 is 19.4 Å². The molecule has 7 heteroatoms. The lowest BCUT2D eigenvalue weighted by Crippen LogP contribution is -2.37. The molecule has 2 N–H and O–H groups in total. The van der Waals surface area contributed by atoms with Gasteiger partial charge in [0.05, 0.1) is 0 Å². The molecule has 0 radical (unpaired) electrons. The maximum Gasteiger partial charge on any atom is 0.470 e. The summed E-state index contributed by atoms with van der Waals surface area (Å²) in [6, 6.07) is 0. The Morgan fingerprint density at radius 2 is 1.83 bits per heavy atom. The molecular weight excluding hydrogens is 259 g/mol. The van der Waals surface area contributed by atoms with Gasteiger partial charge >= 0.3 is 13.8 Å². The van der Waals surface area contributed by atoms with E-state index in [4.69, 9.17) is 19.0 Å². The molecule has 0 heterocycles. The van der Waals surface area contributed by atoms with Crippen LogP contribution in [0.1, 0.15) is 39.5 Å². The molecule has 106 valence electrons. The van der Waals surface area contributed by atoms with Crippen molar-refractivity contribution < 1.29 is 28.4 Å². The Labute approximate surface area is 107 Å². The van der Waals surface area contributed by atoms with E-state index >= 15 is 0 Å². The smallest absolute Gasteiger partial charge is 0.459 e. The SMILES string of the molecule is C=CC(=O)OCC(CCC)(CCC)OP(=O)(O)O. The molecule has 0 aromatic heterocycles. The van der Waals surface area contributed by atoms with Crippen LogP contribution in [0.2, 0.25) is 0 Å². The van der Waals surface area contributed by atoms with Crippen molar-refractivity contribution in [2.24, 2.45) is 0 Å². The molecular formula is C11H21O6P. The third kappa shape index (κ3) is 6.91. The summed E-state index contributed by atoms with van der Waals surface area (Å²) in [4.78, 5) is 29.0. The summed E-state index contributed by atoms with van der Waals surface area (Å²) in [6.07, 6.45) is 3.12. The second-order valence-corrected chi connectivity index (χ2v) is 5.24. The molecule has 0 aromatic carbocycles. The van der Waals surface area contributed by atoms with Crippen molar-refractivity contribution in [1.29, 1.82) is 0 Å². The topological polar surface area (TPSA) is 93.1 Å². The second-order valence-electron chi connectivity index (χ2n) is 4.08. The quantitative estimate of drug-likeness (QED) is 0.382. The Morgan fingerprint density at radius 3 is 2.17 bits per heavy atom. The fraction of sp³-hybridized carbons (Fsp3) is 0.727. The van der Waals surface area contributed by atoms with Gasteiger partial charge < -0.3 is 14.5 Å². The average molecular weight is 280 g/mol. The highest BCUT2D eigenvalue weighted by Crippen LogP contribution is 2.44. The highest BCUT2D eigenvalue weighted by atomic mass is 31.2. The number of hydrogen-bond donors (Lipinski definition) is 2. The molecule has 0 amide bonds. The molecule has 0 aromatic rings. The number of phosphoric ester groups is 1. The zero-order valence-corrected chi connectivity index (χ0v) is 11.7.